The highest BCUT2D eigenvalue weighted by Gasteiger charge is 2.39. The van der Waals surface area contributed by atoms with E-state index < -0.39 is 17.2 Å². The Kier molecular flexibility index (Phi) is 3.91. The van der Waals surface area contributed by atoms with Gasteiger partial charge in [-0.1, -0.05) is 0 Å². The van der Waals surface area contributed by atoms with Crippen molar-refractivity contribution >= 4 is 18.0 Å². The Labute approximate surface area is 128 Å². The third-order valence-electron chi connectivity index (χ3n) is 3.43. The lowest BCUT2D eigenvalue weighted by atomic mass is 9.99. The highest BCUT2D eigenvalue weighted by molar-refractivity contribution is 5.77. The number of ether oxygens (including phenoxy) is 1. The van der Waals surface area contributed by atoms with E-state index in [1.165, 1.54) is 11.9 Å². The standard InChI is InChI=1S/C15H20N4O3/c1-14(2,3)22-13(21)18(5)15(4,10-20)11-8-17-12-9-16-6-7-19(11)12/h6-10H,1-5H3. The van der Waals surface area contributed by atoms with Crippen molar-refractivity contribution in [2.75, 3.05) is 7.05 Å². The third-order valence-corrected chi connectivity index (χ3v) is 3.43. The normalized spacial score (nSPS) is 14.4. The second-order valence-electron chi connectivity index (χ2n) is 6.25. The molecule has 0 saturated carbocycles. The van der Waals surface area contributed by atoms with E-state index in [1.807, 2.05) is 0 Å². The highest BCUT2D eigenvalue weighted by Crippen LogP contribution is 2.27. The van der Waals surface area contributed by atoms with E-state index in [-0.39, 0.29) is 0 Å². The van der Waals surface area contributed by atoms with Crippen LogP contribution in [0.3, 0.4) is 0 Å². The molecule has 0 N–H and O–H groups in total. The van der Waals surface area contributed by atoms with Crippen LogP contribution in [0.15, 0.2) is 24.8 Å². The van der Waals surface area contributed by atoms with Crippen molar-refractivity contribution in [3.8, 4) is 0 Å². The van der Waals surface area contributed by atoms with Gasteiger partial charge >= 0.3 is 6.09 Å². The number of hydrogen-bond acceptors (Lipinski definition) is 5. The monoisotopic (exact) mass is 304 g/mol. The largest absolute Gasteiger partial charge is 0.444 e. The lowest BCUT2D eigenvalue weighted by Crippen LogP contribution is -2.48. The van der Waals surface area contributed by atoms with Crippen LogP contribution in [-0.4, -0.2) is 44.3 Å². The number of likely N-dealkylation sites (N-methyl/N-ethyl adjacent to an activating group) is 1. The maximum absolute atomic E-state index is 12.3. The topological polar surface area (TPSA) is 76.8 Å². The minimum atomic E-state index is -1.21. The third kappa shape index (κ3) is 2.79. The number of carbonyl (C=O) groups is 2. The molecule has 0 saturated heterocycles. The number of imidazole rings is 1. The molecule has 0 aliphatic rings. The number of fused-ring (bicyclic) bond motifs is 1. The predicted molar refractivity (Wildman–Crippen MR) is 80.4 cm³/mol. The van der Waals surface area contributed by atoms with Gasteiger partial charge in [0.25, 0.3) is 0 Å². The molecule has 0 bridgehead atoms. The Bertz CT molecular complexity index is 704. The Morgan fingerprint density at radius 2 is 2.00 bits per heavy atom. The molecule has 0 spiro atoms. The van der Waals surface area contributed by atoms with Crippen LogP contribution >= 0.6 is 0 Å². The molecule has 1 atom stereocenters. The van der Waals surface area contributed by atoms with Gasteiger partial charge in [0.2, 0.25) is 0 Å². The number of carbonyl (C=O) groups excluding carboxylic acids is 2. The van der Waals surface area contributed by atoms with Crippen LogP contribution in [0, 0.1) is 0 Å². The van der Waals surface area contributed by atoms with Crippen LogP contribution in [0.25, 0.3) is 5.65 Å². The van der Waals surface area contributed by atoms with Gasteiger partial charge in [0.05, 0.1) is 18.1 Å². The Morgan fingerprint density at radius 3 is 2.59 bits per heavy atom. The number of hydrogen-bond donors (Lipinski definition) is 0. The summed E-state index contributed by atoms with van der Waals surface area (Å²) in [5.74, 6) is 0. The molecule has 0 radical (unpaired) electrons. The Balaban J connectivity index is 2.44. The van der Waals surface area contributed by atoms with Crippen LogP contribution < -0.4 is 0 Å². The number of aldehydes is 1. The van der Waals surface area contributed by atoms with Gasteiger partial charge in [-0.25, -0.2) is 9.78 Å². The maximum Gasteiger partial charge on any atom is 0.411 e. The summed E-state index contributed by atoms with van der Waals surface area (Å²) in [6, 6.07) is 0. The van der Waals surface area contributed by atoms with Gasteiger partial charge in [0, 0.05) is 19.4 Å². The van der Waals surface area contributed by atoms with Gasteiger partial charge in [0.15, 0.2) is 11.9 Å². The molecule has 7 nitrogen and oxygen atoms in total. The molecule has 0 fully saturated rings. The number of rotatable bonds is 3. The van der Waals surface area contributed by atoms with Gasteiger partial charge in [-0.2, -0.15) is 0 Å². The zero-order valence-corrected chi connectivity index (χ0v) is 13.4. The summed E-state index contributed by atoms with van der Waals surface area (Å²) < 4.78 is 7.07. The molecule has 118 valence electrons. The van der Waals surface area contributed by atoms with E-state index in [0.717, 1.165) is 0 Å². The van der Waals surface area contributed by atoms with Crippen LogP contribution in [0.1, 0.15) is 33.4 Å². The predicted octanol–water partition coefficient (Wildman–Crippen LogP) is 2.01. The smallest absolute Gasteiger partial charge is 0.411 e. The maximum atomic E-state index is 12.3. The zero-order valence-electron chi connectivity index (χ0n) is 13.4. The van der Waals surface area contributed by atoms with E-state index in [2.05, 4.69) is 9.97 Å². The molecule has 7 heteroatoms. The molecular weight excluding hydrogens is 284 g/mol. The van der Waals surface area contributed by atoms with Crippen molar-refractivity contribution in [3.63, 3.8) is 0 Å². The Morgan fingerprint density at radius 1 is 1.32 bits per heavy atom. The molecule has 0 aliphatic carbocycles. The fourth-order valence-corrected chi connectivity index (χ4v) is 2.05. The first-order chi connectivity index (χ1) is 10.2. The van der Waals surface area contributed by atoms with Crippen molar-refractivity contribution in [2.24, 2.45) is 0 Å². The minimum absolute atomic E-state index is 0.563. The SMILES string of the molecule is CN(C(=O)OC(C)(C)C)C(C)(C=O)c1cnc2cnccn12. The summed E-state index contributed by atoms with van der Waals surface area (Å²) in [5.41, 5.74) is -0.682. The molecule has 2 aromatic heterocycles. The van der Waals surface area contributed by atoms with E-state index in [4.69, 9.17) is 4.74 Å². The van der Waals surface area contributed by atoms with E-state index in [9.17, 15) is 9.59 Å². The summed E-state index contributed by atoms with van der Waals surface area (Å²) >= 11 is 0. The molecular formula is C15H20N4O3. The Hall–Kier alpha value is -2.44. The molecule has 0 aliphatic heterocycles. The van der Waals surface area contributed by atoms with Crippen molar-refractivity contribution < 1.29 is 14.3 Å². The highest BCUT2D eigenvalue weighted by atomic mass is 16.6. The first-order valence-electron chi connectivity index (χ1n) is 6.90. The summed E-state index contributed by atoms with van der Waals surface area (Å²) in [6.07, 6.45) is 6.57. The van der Waals surface area contributed by atoms with Gasteiger partial charge in [-0.15, -0.1) is 0 Å². The lowest BCUT2D eigenvalue weighted by Gasteiger charge is -2.35. The van der Waals surface area contributed by atoms with Crippen molar-refractivity contribution in [2.45, 2.75) is 38.8 Å². The molecule has 2 aromatic rings. The second-order valence-corrected chi connectivity index (χ2v) is 6.25. The van der Waals surface area contributed by atoms with E-state index in [0.29, 0.717) is 17.6 Å². The molecule has 1 amide bonds. The fraction of sp³-hybridized carbons (Fsp3) is 0.467. The van der Waals surface area contributed by atoms with Crippen molar-refractivity contribution in [3.05, 3.63) is 30.5 Å². The lowest BCUT2D eigenvalue weighted by molar-refractivity contribution is -0.117. The summed E-state index contributed by atoms with van der Waals surface area (Å²) in [5, 5.41) is 0. The number of aromatic nitrogens is 3. The van der Waals surface area contributed by atoms with Gasteiger partial charge < -0.3 is 9.53 Å². The first kappa shape index (κ1) is 15.9. The summed E-state index contributed by atoms with van der Waals surface area (Å²) in [4.78, 5) is 33.5. The molecule has 0 aromatic carbocycles. The van der Waals surface area contributed by atoms with E-state index >= 15 is 0 Å². The second kappa shape index (κ2) is 5.40. The van der Waals surface area contributed by atoms with Gasteiger partial charge in [0.1, 0.15) is 11.1 Å². The van der Waals surface area contributed by atoms with Gasteiger partial charge in [-0.05, 0) is 27.7 Å². The molecule has 2 heterocycles. The average Bonchev–Trinajstić information content (AvgIpc) is 2.88. The van der Waals surface area contributed by atoms with E-state index in [1.54, 1.807) is 56.9 Å². The summed E-state index contributed by atoms with van der Waals surface area (Å²) in [6.45, 7) is 6.97. The average molecular weight is 304 g/mol. The fourth-order valence-electron chi connectivity index (χ4n) is 2.05. The zero-order chi connectivity index (χ0) is 16.5. The van der Waals surface area contributed by atoms with Gasteiger partial charge in [-0.3, -0.25) is 14.3 Å². The quantitative estimate of drug-likeness (QED) is 0.811. The van der Waals surface area contributed by atoms with Crippen molar-refractivity contribution in [1.29, 1.82) is 0 Å². The summed E-state index contributed by atoms with van der Waals surface area (Å²) in [7, 11) is 1.53. The molecule has 1 unspecified atom stereocenters. The molecule has 2 rings (SSSR count). The number of nitrogens with zero attached hydrogens (tertiary/aromatic N) is 4. The van der Waals surface area contributed by atoms with Crippen LogP contribution in [0.5, 0.6) is 0 Å². The minimum Gasteiger partial charge on any atom is -0.444 e. The van der Waals surface area contributed by atoms with Crippen LogP contribution in [0.2, 0.25) is 0 Å². The van der Waals surface area contributed by atoms with Crippen molar-refractivity contribution in [1.82, 2.24) is 19.3 Å². The molecule has 22 heavy (non-hydrogen) atoms. The first-order valence-corrected chi connectivity index (χ1v) is 6.90. The van der Waals surface area contributed by atoms with Crippen LogP contribution in [0.4, 0.5) is 4.79 Å². The number of amides is 1. The van der Waals surface area contributed by atoms with Crippen LogP contribution in [-0.2, 0) is 15.1 Å².